The van der Waals surface area contributed by atoms with Crippen molar-refractivity contribution in [1.29, 1.82) is 0 Å². The lowest BCUT2D eigenvalue weighted by Gasteiger charge is -2.06. The number of hydrogen-bond donors (Lipinski definition) is 1. The van der Waals surface area contributed by atoms with E-state index in [0.29, 0.717) is 27.8 Å². The van der Waals surface area contributed by atoms with Gasteiger partial charge in [0.05, 0.1) is 5.52 Å². The fourth-order valence-electron chi connectivity index (χ4n) is 2.32. The molecule has 0 spiro atoms. The van der Waals surface area contributed by atoms with Gasteiger partial charge >= 0.3 is 6.18 Å². The highest BCUT2D eigenvalue weighted by atomic mass is 32.1. The van der Waals surface area contributed by atoms with E-state index in [1.807, 2.05) is 0 Å². The number of aliphatic hydroxyl groups is 1. The predicted octanol–water partition coefficient (Wildman–Crippen LogP) is 4.34. The Morgan fingerprint density at radius 2 is 1.85 bits per heavy atom. The summed E-state index contributed by atoms with van der Waals surface area (Å²) in [6.07, 6.45) is -2.81. The molecule has 3 rings (SSSR count). The quantitative estimate of drug-likeness (QED) is 0.748. The first kappa shape index (κ1) is 13.2. The van der Waals surface area contributed by atoms with Gasteiger partial charge in [-0.15, -0.1) is 11.3 Å². The Morgan fingerprint density at radius 1 is 1.10 bits per heavy atom. The van der Waals surface area contributed by atoms with Crippen molar-refractivity contribution in [3.63, 3.8) is 0 Å². The molecule has 2 nitrogen and oxygen atoms in total. The van der Waals surface area contributed by atoms with Crippen LogP contribution < -0.4 is 0 Å². The number of benzene rings is 1. The van der Waals surface area contributed by atoms with Gasteiger partial charge in [-0.3, -0.25) is 0 Å². The van der Waals surface area contributed by atoms with E-state index in [-0.39, 0.29) is 12.3 Å². The summed E-state index contributed by atoms with van der Waals surface area (Å²) in [5.41, 5.74) is 1.36. The second-order valence-corrected chi connectivity index (χ2v) is 5.25. The number of alkyl halides is 3. The van der Waals surface area contributed by atoms with Crippen LogP contribution in [0.25, 0.3) is 22.0 Å². The number of para-hydroxylation sites is 1. The van der Waals surface area contributed by atoms with Gasteiger partial charge in [-0.25, -0.2) is 0 Å². The van der Waals surface area contributed by atoms with Crippen LogP contribution >= 0.6 is 11.3 Å². The molecule has 1 N–H and O–H groups in total. The van der Waals surface area contributed by atoms with Crippen molar-refractivity contribution in [2.75, 3.05) is 0 Å². The molecule has 104 valence electrons. The Hall–Kier alpha value is -1.79. The van der Waals surface area contributed by atoms with E-state index in [0.717, 1.165) is 0 Å². The van der Waals surface area contributed by atoms with Crippen molar-refractivity contribution in [1.82, 2.24) is 4.57 Å². The zero-order valence-electron chi connectivity index (χ0n) is 10.2. The summed E-state index contributed by atoms with van der Waals surface area (Å²) in [4.78, 5) is -0.613. The number of hydrogen-bond acceptors (Lipinski definition) is 2. The number of fused-ring (bicyclic) bond motifs is 1. The lowest BCUT2D eigenvalue weighted by Crippen LogP contribution is -2.03. The fraction of sp³-hybridized carbons (Fsp3) is 0.143. The van der Waals surface area contributed by atoms with Crippen LogP contribution in [0.3, 0.4) is 0 Å². The molecule has 20 heavy (non-hydrogen) atoms. The van der Waals surface area contributed by atoms with E-state index in [4.69, 9.17) is 0 Å². The summed E-state index contributed by atoms with van der Waals surface area (Å²) < 4.78 is 40.6. The van der Waals surface area contributed by atoms with Crippen molar-refractivity contribution < 1.29 is 18.3 Å². The minimum atomic E-state index is -4.37. The van der Waals surface area contributed by atoms with E-state index in [9.17, 15) is 18.3 Å². The molecule has 0 amide bonds. The third kappa shape index (κ3) is 2.01. The smallest absolute Gasteiger partial charge is 0.376 e. The molecule has 0 aliphatic rings. The second-order valence-electron chi connectivity index (χ2n) is 4.33. The molecule has 2 aromatic heterocycles. The summed E-state index contributed by atoms with van der Waals surface area (Å²) in [5.74, 6) is 0. The van der Waals surface area contributed by atoms with Gasteiger partial charge in [-0.2, -0.15) is 13.2 Å². The number of thiophene rings is 1. The van der Waals surface area contributed by atoms with Crippen LogP contribution in [0, 0.1) is 0 Å². The highest BCUT2D eigenvalue weighted by molar-refractivity contribution is 7.10. The summed E-state index contributed by atoms with van der Waals surface area (Å²) in [5, 5.41) is 11.5. The maximum Gasteiger partial charge on any atom is 0.426 e. The molecule has 2 heterocycles. The fourth-order valence-corrected chi connectivity index (χ4v) is 3.10. The molecule has 0 bridgehead atoms. The van der Waals surface area contributed by atoms with Crippen LogP contribution in [0.5, 0.6) is 0 Å². The first-order chi connectivity index (χ1) is 9.52. The molecule has 0 unspecified atom stereocenters. The van der Waals surface area contributed by atoms with E-state index < -0.39 is 11.1 Å². The summed E-state index contributed by atoms with van der Waals surface area (Å²) in [6.45, 7) is -0.272. The van der Waals surface area contributed by atoms with Gasteiger partial charge in [0.15, 0.2) is 0 Å². The molecule has 0 saturated heterocycles. The maximum absolute atomic E-state index is 13.0. The summed E-state index contributed by atoms with van der Waals surface area (Å²) >= 11 is 0.680. The highest BCUT2D eigenvalue weighted by Gasteiger charge is 2.35. The van der Waals surface area contributed by atoms with Crippen molar-refractivity contribution in [3.05, 3.63) is 46.8 Å². The molecule has 1 aromatic carbocycles. The number of aromatic nitrogens is 1. The largest absolute Gasteiger partial charge is 0.426 e. The van der Waals surface area contributed by atoms with Crippen LogP contribution in [0.1, 0.15) is 4.88 Å². The molecule has 0 aliphatic heterocycles. The Bertz CT molecular complexity index is 757. The minimum absolute atomic E-state index is 0.158. The van der Waals surface area contributed by atoms with E-state index in [1.54, 1.807) is 30.5 Å². The zero-order valence-corrected chi connectivity index (χ0v) is 11.0. The monoisotopic (exact) mass is 297 g/mol. The molecule has 0 atom stereocenters. The zero-order chi connectivity index (χ0) is 14.3. The van der Waals surface area contributed by atoms with Gasteiger partial charge in [-0.05, 0) is 17.5 Å². The van der Waals surface area contributed by atoms with Crippen LogP contribution in [-0.4, -0.2) is 9.67 Å². The van der Waals surface area contributed by atoms with Gasteiger partial charge < -0.3 is 9.67 Å². The summed E-state index contributed by atoms with van der Waals surface area (Å²) in [6, 6.07) is 8.56. The molecule has 3 aromatic rings. The van der Waals surface area contributed by atoms with E-state index in [1.165, 1.54) is 16.0 Å². The number of halogens is 3. The summed E-state index contributed by atoms with van der Waals surface area (Å²) in [7, 11) is 0. The predicted molar refractivity (Wildman–Crippen MR) is 72.5 cm³/mol. The van der Waals surface area contributed by atoms with Gasteiger partial charge in [0, 0.05) is 22.7 Å². The molecule has 0 radical (unpaired) electrons. The van der Waals surface area contributed by atoms with Gasteiger partial charge in [0.25, 0.3) is 0 Å². The Morgan fingerprint density at radius 3 is 2.55 bits per heavy atom. The van der Waals surface area contributed by atoms with Gasteiger partial charge in [-0.1, -0.05) is 18.2 Å². The molecule has 6 heteroatoms. The Balaban J connectivity index is 2.28. The first-order valence-corrected chi connectivity index (χ1v) is 6.74. The lowest BCUT2D eigenvalue weighted by molar-refractivity contribution is -0.133. The first-order valence-electron chi connectivity index (χ1n) is 5.86. The van der Waals surface area contributed by atoms with Crippen LogP contribution in [0.4, 0.5) is 13.2 Å². The van der Waals surface area contributed by atoms with Crippen LogP contribution in [-0.2, 0) is 12.9 Å². The standard InChI is InChI=1S/C14H10F3NOS/c15-14(16,17)13-10(5-6-20-13)11-7-18(8-19)12-4-2-1-3-9(11)12/h1-7,19H,8H2. The van der Waals surface area contributed by atoms with E-state index >= 15 is 0 Å². The Kier molecular flexibility index (Phi) is 3.07. The lowest BCUT2D eigenvalue weighted by atomic mass is 10.1. The molecule has 0 fully saturated rings. The normalized spacial score (nSPS) is 12.2. The highest BCUT2D eigenvalue weighted by Crippen LogP contribution is 2.43. The van der Waals surface area contributed by atoms with Gasteiger partial charge in [0.1, 0.15) is 11.6 Å². The Labute approximate surface area is 116 Å². The van der Waals surface area contributed by atoms with Crippen molar-refractivity contribution in [2.24, 2.45) is 0 Å². The number of rotatable bonds is 2. The maximum atomic E-state index is 13.0. The molecule has 0 saturated carbocycles. The number of nitrogens with zero attached hydrogens (tertiary/aromatic N) is 1. The SMILES string of the molecule is OCn1cc(-c2ccsc2C(F)(F)F)c2ccccc21. The third-order valence-electron chi connectivity index (χ3n) is 3.15. The van der Waals surface area contributed by atoms with Crippen LogP contribution in [0.2, 0.25) is 0 Å². The van der Waals surface area contributed by atoms with Crippen molar-refractivity contribution in [2.45, 2.75) is 12.9 Å². The molecule has 0 aliphatic carbocycles. The molecular weight excluding hydrogens is 287 g/mol. The average Bonchev–Trinajstić information content (AvgIpc) is 3.02. The number of aliphatic hydroxyl groups excluding tert-OH is 1. The third-order valence-corrected chi connectivity index (χ3v) is 4.11. The second kappa shape index (κ2) is 4.64. The van der Waals surface area contributed by atoms with Crippen molar-refractivity contribution in [3.8, 4) is 11.1 Å². The molecular formula is C14H10F3NOS. The van der Waals surface area contributed by atoms with Crippen molar-refractivity contribution >= 4 is 22.2 Å². The van der Waals surface area contributed by atoms with Crippen LogP contribution in [0.15, 0.2) is 41.9 Å². The van der Waals surface area contributed by atoms with E-state index in [2.05, 4.69) is 0 Å². The average molecular weight is 297 g/mol. The minimum Gasteiger partial charge on any atom is -0.376 e. The van der Waals surface area contributed by atoms with Gasteiger partial charge in [0.2, 0.25) is 0 Å². The topological polar surface area (TPSA) is 25.2 Å².